The summed E-state index contributed by atoms with van der Waals surface area (Å²) in [6, 6.07) is 2.80. The van der Waals surface area contributed by atoms with E-state index in [4.69, 9.17) is 16.4 Å². The highest BCUT2D eigenvalue weighted by molar-refractivity contribution is 8.14. The molecule has 0 unspecified atom stereocenters. The summed E-state index contributed by atoms with van der Waals surface area (Å²) >= 11 is 0. The number of nitrogens with zero attached hydrogens (tertiary/aromatic N) is 1. The number of imidazole rings is 1. The van der Waals surface area contributed by atoms with Crippen molar-refractivity contribution in [1.29, 1.82) is 0 Å². The summed E-state index contributed by atoms with van der Waals surface area (Å²) in [6.07, 6.45) is 1.37. The van der Waals surface area contributed by atoms with Crippen LogP contribution in [0.25, 0.3) is 11.0 Å². The molecule has 0 aliphatic rings. The molecule has 1 heterocycles. The van der Waals surface area contributed by atoms with Crippen LogP contribution in [0, 0.1) is 0 Å². The fourth-order valence-electron chi connectivity index (χ4n) is 1.23. The third-order valence-electron chi connectivity index (χ3n) is 1.84. The van der Waals surface area contributed by atoms with Crippen LogP contribution in [0.5, 0.6) is 0 Å². The third-order valence-corrected chi connectivity index (χ3v) is 3.19. The molecule has 0 amide bonds. The monoisotopic (exact) mass is 231 g/mol. The SMILES string of the molecule is Nc1ccc(S(=O)(=O)Cl)c2nc[nH]c12. The molecular weight excluding hydrogens is 226 g/mol. The van der Waals surface area contributed by atoms with Gasteiger partial charge in [0.2, 0.25) is 0 Å². The predicted molar refractivity (Wildman–Crippen MR) is 53.5 cm³/mol. The quantitative estimate of drug-likeness (QED) is 0.568. The Balaban J connectivity index is 2.93. The summed E-state index contributed by atoms with van der Waals surface area (Å²) in [5, 5.41) is 0. The fraction of sp³-hybridized carbons (Fsp3) is 0. The van der Waals surface area contributed by atoms with E-state index in [2.05, 4.69) is 9.97 Å². The average molecular weight is 232 g/mol. The maximum atomic E-state index is 11.1. The smallest absolute Gasteiger partial charge is 0.263 e. The lowest BCUT2D eigenvalue weighted by Gasteiger charge is -1.99. The summed E-state index contributed by atoms with van der Waals surface area (Å²) in [4.78, 5) is 6.55. The summed E-state index contributed by atoms with van der Waals surface area (Å²) < 4.78 is 22.3. The molecule has 0 fully saturated rings. The lowest BCUT2D eigenvalue weighted by Crippen LogP contribution is -1.94. The average Bonchev–Trinajstić information content (AvgIpc) is 2.50. The second kappa shape index (κ2) is 2.86. The zero-order valence-electron chi connectivity index (χ0n) is 6.86. The van der Waals surface area contributed by atoms with Crippen molar-refractivity contribution in [1.82, 2.24) is 9.97 Å². The van der Waals surface area contributed by atoms with Crippen molar-refractivity contribution in [3.8, 4) is 0 Å². The number of H-pyrrole nitrogens is 1. The number of nitrogens with one attached hydrogen (secondary N) is 1. The number of benzene rings is 1. The highest BCUT2D eigenvalue weighted by atomic mass is 35.7. The number of hydrogen-bond acceptors (Lipinski definition) is 4. The van der Waals surface area contributed by atoms with Crippen molar-refractivity contribution in [2.24, 2.45) is 0 Å². The molecule has 2 rings (SSSR count). The Morgan fingerprint density at radius 2 is 2.14 bits per heavy atom. The number of anilines is 1. The van der Waals surface area contributed by atoms with E-state index in [9.17, 15) is 8.42 Å². The van der Waals surface area contributed by atoms with Gasteiger partial charge >= 0.3 is 0 Å². The number of hydrogen-bond donors (Lipinski definition) is 2. The molecule has 3 N–H and O–H groups in total. The van der Waals surface area contributed by atoms with Gasteiger partial charge in [0.25, 0.3) is 9.05 Å². The van der Waals surface area contributed by atoms with Gasteiger partial charge < -0.3 is 10.7 Å². The Labute approximate surface area is 84.3 Å². The normalized spacial score (nSPS) is 12.1. The van der Waals surface area contributed by atoms with Crippen molar-refractivity contribution in [2.45, 2.75) is 4.90 Å². The number of aromatic nitrogens is 2. The van der Waals surface area contributed by atoms with Gasteiger partial charge in [0.15, 0.2) is 0 Å². The largest absolute Gasteiger partial charge is 0.397 e. The van der Waals surface area contributed by atoms with E-state index in [1.807, 2.05) is 0 Å². The van der Waals surface area contributed by atoms with E-state index in [0.717, 1.165) is 0 Å². The van der Waals surface area contributed by atoms with Gasteiger partial charge in [-0.1, -0.05) is 0 Å². The molecule has 74 valence electrons. The lowest BCUT2D eigenvalue weighted by atomic mass is 10.3. The van der Waals surface area contributed by atoms with Gasteiger partial charge in [-0.05, 0) is 12.1 Å². The number of nitrogen functional groups attached to an aromatic ring is 1. The summed E-state index contributed by atoms with van der Waals surface area (Å²) in [5.41, 5.74) is 6.78. The molecule has 0 saturated heterocycles. The molecular formula is C7H6ClN3O2S. The zero-order chi connectivity index (χ0) is 10.3. The molecule has 0 bridgehead atoms. The van der Waals surface area contributed by atoms with Gasteiger partial charge in [-0.25, -0.2) is 13.4 Å². The molecule has 0 aliphatic heterocycles. The second-order valence-corrected chi connectivity index (χ2v) is 5.25. The molecule has 7 heteroatoms. The van der Waals surface area contributed by atoms with Crippen LogP contribution in [0.2, 0.25) is 0 Å². The molecule has 0 radical (unpaired) electrons. The van der Waals surface area contributed by atoms with Crippen LogP contribution in [0.15, 0.2) is 23.4 Å². The lowest BCUT2D eigenvalue weighted by molar-refractivity contribution is 0.610. The Kier molecular flexibility index (Phi) is 1.90. The molecule has 5 nitrogen and oxygen atoms in total. The van der Waals surface area contributed by atoms with Gasteiger partial charge in [-0.15, -0.1) is 0 Å². The molecule has 0 aliphatic carbocycles. The summed E-state index contributed by atoms with van der Waals surface area (Å²) in [7, 11) is 1.44. The van der Waals surface area contributed by atoms with E-state index >= 15 is 0 Å². The fourth-order valence-corrected chi connectivity index (χ4v) is 2.22. The first kappa shape index (κ1) is 9.29. The Morgan fingerprint density at radius 1 is 1.43 bits per heavy atom. The minimum atomic E-state index is -3.78. The molecule has 0 spiro atoms. The van der Waals surface area contributed by atoms with Crippen molar-refractivity contribution >= 4 is 36.5 Å². The number of halogens is 1. The zero-order valence-corrected chi connectivity index (χ0v) is 8.43. The number of fused-ring (bicyclic) bond motifs is 1. The van der Waals surface area contributed by atoms with E-state index in [-0.39, 0.29) is 10.4 Å². The minimum Gasteiger partial charge on any atom is -0.397 e. The first-order valence-electron chi connectivity index (χ1n) is 3.66. The summed E-state index contributed by atoms with van der Waals surface area (Å²) in [5.74, 6) is 0. The highest BCUT2D eigenvalue weighted by Gasteiger charge is 2.16. The van der Waals surface area contributed by atoms with Crippen molar-refractivity contribution in [3.63, 3.8) is 0 Å². The third kappa shape index (κ3) is 1.32. The Morgan fingerprint density at radius 3 is 2.79 bits per heavy atom. The highest BCUT2D eigenvalue weighted by Crippen LogP contribution is 2.26. The van der Waals surface area contributed by atoms with Crippen LogP contribution in [0.1, 0.15) is 0 Å². The van der Waals surface area contributed by atoms with Crippen LogP contribution >= 0.6 is 10.7 Å². The van der Waals surface area contributed by atoms with Crippen molar-refractivity contribution in [2.75, 3.05) is 5.73 Å². The van der Waals surface area contributed by atoms with Crippen molar-refractivity contribution in [3.05, 3.63) is 18.5 Å². The van der Waals surface area contributed by atoms with Crippen LogP contribution < -0.4 is 5.73 Å². The van der Waals surface area contributed by atoms with Gasteiger partial charge in [-0.2, -0.15) is 0 Å². The predicted octanol–water partition coefficient (Wildman–Crippen LogP) is 1.07. The Hall–Kier alpha value is -1.27. The standard InChI is InChI=1S/C7H6ClN3O2S/c8-14(12,13)5-2-1-4(9)6-7(5)11-3-10-6/h1-3H,9H2,(H,10,11). The number of nitrogens with two attached hydrogens (primary N) is 1. The van der Waals surface area contributed by atoms with Gasteiger partial charge in [0.1, 0.15) is 10.4 Å². The molecule has 0 saturated carbocycles. The van der Waals surface area contributed by atoms with Crippen LogP contribution in [0.3, 0.4) is 0 Å². The molecule has 0 atom stereocenters. The Bertz CT molecular complexity index is 590. The van der Waals surface area contributed by atoms with E-state index in [0.29, 0.717) is 11.2 Å². The maximum absolute atomic E-state index is 11.1. The van der Waals surface area contributed by atoms with Gasteiger partial charge in [0, 0.05) is 10.7 Å². The van der Waals surface area contributed by atoms with Crippen molar-refractivity contribution < 1.29 is 8.42 Å². The molecule has 2 aromatic rings. The number of aromatic amines is 1. The van der Waals surface area contributed by atoms with Gasteiger partial charge in [-0.3, -0.25) is 0 Å². The van der Waals surface area contributed by atoms with E-state index in [1.54, 1.807) is 0 Å². The van der Waals surface area contributed by atoms with Gasteiger partial charge in [0.05, 0.1) is 17.5 Å². The second-order valence-electron chi connectivity index (χ2n) is 2.72. The first-order chi connectivity index (χ1) is 6.50. The van der Waals surface area contributed by atoms with Crippen LogP contribution in [0.4, 0.5) is 5.69 Å². The minimum absolute atomic E-state index is 0.0374. The number of rotatable bonds is 1. The molecule has 14 heavy (non-hydrogen) atoms. The summed E-state index contributed by atoms with van der Waals surface area (Å²) in [6.45, 7) is 0. The maximum Gasteiger partial charge on any atom is 0.263 e. The van der Waals surface area contributed by atoms with E-state index < -0.39 is 9.05 Å². The van der Waals surface area contributed by atoms with E-state index in [1.165, 1.54) is 18.5 Å². The van der Waals surface area contributed by atoms with Crippen LogP contribution in [-0.2, 0) is 9.05 Å². The van der Waals surface area contributed by atoms with Crippen LogP contribution in [-0.4, -0.2) is 18.4 Å². The molecule has 1 aromatic heterocycles. The first-order valence-corrected chi connectivity index (χ1v) is 5.97. The molecule has 1 aromatic carbocycles. The topological polar surface area (TPSA) is 88.8 Å².